The number of halogens is 3. The molecule has 1 heterocycles. The monoisotopic (exact) mass is 318 g/mol. The van der Waals surface area contributed by atoms with Crippen LogP contribution in [0.4, 0.5) is 8.78 Å². The molecular formula is C13H13ClF2N2O3. The molecule has 0 spiro atoms. The molecule has 1 aromatic carbocycles. The molecule has 0 radical (unpaired) electrons. The molecule has 2 aromatic rings. The van der Waals surface area contributed by atoms with Gasteiger partial charge in [-0.2, -0.15) is 8.78 Å². The van der Waals surface area contributed by atoms with Gasteiger partial charge in [0.15, 0.2) is 5.76 Å². The minimum absolute atomic E-state index is 0.0806. The highest BCUT2D eigenvalue weighted by atomic mass is 35.5. The van der Waals surface area contributed by atoms with E-state index in [1.807, 2.05) is 0 Å². The van der Waals surface area contributed by atoms with Crippen molar-refractivity contribution < 1.29 is 22.8 Å². The zero-order valence-electron chi connectivity index (χ0n) is 11.1. The fraction of sp³-hybridized carbons (Fsp3) is 0.308. The normalized spacial score (nSPS) is 10.9. The maximum atomic E-state index is 12.3. The fourth-order valence-corrected chi connectivity index (χ4v) is 1.89. The van der Waals surface area contributed by atoms with Crippen molar-refractivity contribution in [1.82, 2.24) is 10.5 Å². The van der Waals surface area contributed by atoms with E-state index in [1.165, 1.54) is 19.2 Å². The second-order valence-electron chi connectivity index (χ2n) is 4.07. The number of nitrogens with zero attached hydrogens (tertiary/aromatic N) is 1. The molecule has 0 aliphatic carbocycles. The van der Waals surface area contributed by atoms with Crippen LogP contribution in [0.15, 0.2) is 28.8 Å². The van der Waals surface area contributed by atoms with Gasteiger partial charge in [-0.15, -0.1) is 0 Å². The van der Waals surface area contributed by atoms with Crippen LogP contribution >= 0.6 is 11.6 Å². The summed E-state index contributed by atoms with van der Waals surface area (Å²) in [6.45, 7) is -2.24. The molecule has 0 unspecified atom stereocenters. The van der Waals surface area contributed by atoms with E-state index in [0.717, 1.165) is 0 Å². The molecule has 0 saturated carbocycles. The standard InChI is InChI=1S/C13H13ClF2N2O3/c1-19-12-5-10(21-18-12)7-17-6-8-4-9(14)2-3-11(8)20-13(15)16/h2-5,13,17H,6-7H2,1H3. The van der Waals surface area contributed by atoms with Crippen molar-refractivity contribution in [2.75, 3.05) is 7.11 Å². The van der Waals surface area contributed by atoms with E-state index in [0.29, 0.717) is 28.8 Å². The molecule has 8 heteroatoms. The minimum Gasteiger partial charge on any atom is -0.479 e. The van der Waals surface area contributed by atoms with Crippen LogP contribution < -0.4 is 14.8 Å². The van der Waals surface area contributed by atoms with Crippen LogP contribution in [0.2, 0.25) is 5.02 Å². The van der Waals surface area contributed by atoms with Gasteiger partial charge in [-0.05, 0) is 23.4 Å². The van der Waals surface area contributed by atoms with E-state index < -0.39 is 6.61 Å². The number of aromatic nitrogens is 1. The van der Waals surface area contributed by atoms with Gasteiger partial charge in [0.25, 0.3) is 5.88 Å². The summed E-state index contributed by atoms with van der Waals surface area (Å²) >= 11 is 5.86. The van der Waals surface area contributed by atoms with Gasteiger partial charge in [0.1, 0.15) is 5.75 Å². The first-order valence-corrected chi connectivity index (χ1v) is 6.40. The number of alkyl halides is 2. The lowest BCUT2D eigenvalue weighted by Crippen LogP contribution is -2.14. The number of nitrogens with one attached hydrogen (secondary N) is 1. The van der Waals surface area contributed by atoms with Gasteiger partial charge in [-0.3, -0.25) is 0 Å². The summed E-state index contributed by atoms with van der Waals surface area (Å²) in [7, 11) is 1.48. The van der Waals surface area contributed by atoms with E-state index in [-0.39, 0.29) is 12.3 Å². The maximum Gasteiger partial charge on any atom is 0.387 e. The highest BCUT2D eigenvalue weighted by Gasteiger charge is 2.11. The molecule has 0 saturated heterocycles. The van der Waals surface area contributed by atoms with Gasteiger partial charge < -0.3 is 19.3 Å². The molecule has 5 nitrogen and oxygen atoms in total. The summed E-state index contributed by atoms with van der Waals surface area (Å²) in [5.74, 6) is 1.01. The van der Waals surface area contributed by atoms with Crippen LogP contribution in [-0.4, -0.2) is 18.9 Å². The zero-order chi connectivity index (χ0) is 15.2. The summed E-state index contributed by atoms with van der Waals surface area (Å²) in [4.78, 5) is 0. The number of rotatable bonds is 7. The van der Waals surface area contributed by atoms with Gasteiger partial charge in [0, 0.05) is 23.2 Å². The van der Waals surface area contributed by atoms with Crippen LogP contribution in [0.1, 0.15) is 11.3 Å². The van der Waals surface area contributed by atoms with Crippen molar-refractivity contribution in [2.45, 2.75) is 19.7 Å². The van der Waals surface area contributed by atoms with Crippen LogP contribution in [0.5, 0.6) is 11.6 Å². The van der Waals surface area contributed by atoms with Gasteiger partial charge in [0.05, 0.1) is 13.7 Å². The molecule has 2 rings (SSSR count). The lowest BCUT2D eigenvalue weighted by Gasteiger charge is -2.11. The first-order chi connectivity index (χ1) is 10.1. The third-order valence-electron chi connectivity index (χ3n) is 2.60. The second kappa shape index (κ2) is 7.24. The zero-order valence-corrected chi connectivity index (χ0v) is 11.9. The molecule has 0 aliphatic heterocycles. The summed E-state index contributed by atoms with van der Waals surface area (Å²) in [5.41, 5.74) is 0.522. The van der Waals surface area contributed by atoms with Gasteiger partial charge in [-0.25, -0.2) is 0 Å². The average Bonchev–Trinajstić information content (AvgIpc) is 2.89. The minimum atomic E-state index is -2.89. The Bertz CT molecular complexity index is 593. The second-order valence-corrected chi connectivity index (χ2v) is 4.51. The average molecular weight is 319 g/mol. The Morgan fingerprint density at radius 2 is 2.14 bits per heavy atom. The Kier molecular flexibility index (Phi) is 5.35. The molecule has 1 aromatic heterocycles. The Balaban J connectivity index is 1.96. The third-order valence-corrected chi connectivity index (χ3v) is 2.83. The number of ether oxygens (including phenoxy) is 2. The summed E-state index contributed by atoms with van der Waals surface area (Å²) in [6.07, 6.45) is 0. The van der Waals surface area contributed by atoms with Crippen molar-refractivity contribution in [3.8, 4) is 11.6 Å². The first-order valence-electron chi connectivity index (χ1n) is 6.02. The predicted molar refractivity (Wildman–Crippen MR) is 71.7 cm³/mol. The highest BCUT2D eigenvalue weighted by Crippen LogP contribution is 2.24. The van der Waals surface area contributed by atoms with Crippen molar-refractivity contribution >= 4 is 11.6 Å². The Morgan fingerprint density at radius 1 is 1.33 bits per heavy atom. The predicted octanol–water partition coefficient (Wildman–Crippen LogP) is 3.23. The first kappa shape index (κ1) is 15.5. The van der Waals surface area contributed by atoms with Crippen LogP contribution in [0.3, 0.4) is 0 Å². The molecule has 0 atom stereocenters. The lowest BCUT2D eigenvalue weighted by atomic mass is 10.2. The van der Waals surface area contributed by atoms with E-state index >= 15 is 0 Å². The maximum absolute atomic E-state index is 12.3. The topological polar surface area (TPSA) is 56.5 Å². The van der Waals surface area contributed by atoms with Gasteiger partial charge in [0.2, 0.25) is 0 Å². The molecule has 0 amide bonds. The molecular weight excluding hydrogens is 306 g/mol. The van der Waals surface area contributed by atoms with Crippen LogP contribution in [-0.2, 0) is 13.1 Å². The van der Waals surface area contributed by atoms with E-state index in [4.69, 9.17) is 20.9 Å². The molecule has 21 heavy (non-hydrogen) atoms. The van der Waals surface area contributed by atoms with Gasteiger partial charge in [-0.1, -0.05) is 11.6 Å². The Labute approximate surface area is 124 Å². The largest absolute Gasteiger partial charge is 0.479 e. The van der Waals surface area contributed by atoms with Crippen LogP contribution in [0.25, 0.3) is 0 Å². The van der Waals surface area contributed by atoms with Gasteiger partial charge >= 0.3 is 6.61 Å². The Morgan fingerprint density at radius 3 is 2.81 bits per heavy atom. The van der Waals surface area contributed by atoms with E-state index in [9.17, 15) is 8.78 Å². The summed E-state index contributed by atoms with van der Waals surface area (Å²) in [6, 6.07) is 6.09. The molecule has 114 valence electrons. The SMILES string of the molecule is COc1cc(CNCc2cc(Cl)ccc2OC(F)F)on1. The highest BCUT2D eigenvalue weighted by molar-refractivity contribution is 6.30. The number of hydrogen-bond donors (Lipinski definition) is 1. The van der Waals surface area contributed by atoms with Crippen molar-refractivity contribution in [3.63, 3.8) is 0 Å². The number of benzene rings is 1. The molecule has 0 bridgehead atoms. The summed E-state index contributed by atoms with van der Waals surface area (Å²) < 4.78 is 39.0. The van der Waals surface area contributed by atoms with Crippen molar-refractivity contribution in [2.24, 2.45) is 0 Å². The molecule has 1 N–H and O–H groups in total. The quantitative estimate of drug-likeness (QED) is 0.849. The van der Waals surface area contributed by atoms with E-state index in [1.54, 1.807) is 12.1 Å². The molecule has 0 fully saturated rings. The van der Waals surface area contributed by atoms with Crippen molar-refractivity contribution in [3.05, 3.63) is 40.6 Å². The lowest BCUT2D eigenvalue weighted by molar-refractivity contribution is -0.0505. The van der Waals surface area contributed by atoms with Crippen LogP contribution in [0, 0.1) is 0 Å². The Hall–Kier alpha value is -1.86. The smallest absolute Gasteiger partial charge is 0.387 e. The fourth-order valence-electron chi connectivity index (χ4n) is 1.69. The molecule has 0 aliphatic rings. The van der Waals surface area contributed by atoms with E-state index in [2.05, 4.69) is 15.2 Å². The number of hydrogen-bond acceptors (Lipinski definition) is 5. The van der Waals surface area contributed by atoms with Crippen molar-refractivity contribution in [1.29, 1.82) is 0 Å². The third kappa shape index (κ3) is 4.57. The number of methoxy groups -OCH3 is 1. The summed E-state index contributed by atoms with van der Waals surface area (Å²) in [5, 5.41) is 7.11.